The Morgan fingerprint density at radius 3 is 0.667 bits per heavy atom. The van der Waals surface area contributed by atoms with Crippen LogP contribution < -0.4 is 0 Å². The summed E-state index contributed by atoms with van der Waals surface area (Å²) < 4.78 is 65.5. The standard InChI is InChI=1S/C26H51IO12/c1-2-28-5-6-30-9-10-32-13-14-34-17-18-36-21-22-38-25-26-39-24-23-37-20-19-35-16-15-33-12-11-31-8-7-29-4-3-27/h2H,1,3-26H2. The maximum atomic E-state index is 5.46. The molecule has 0 saturated carbocycles. The fourth-order valence-electron chi connectivity index (χ4n) is 2.55. The molecule has 0 amide bonds. The van der Waals surface area contributed by atoms with Gasteiger partial charge in [0.1, 0.15) is 6.61 Å². The Balaban J connectivity index is 3.02. The van der Waals surface area contributed by atoms with Gasteiger partial charge in [-0.2, -0.15) is 0 Å². The number of hydrogen-bond donors (Lipinski definition) is 0. The van der Waals surface area contributed by atoms with Crippen molar-refractivity contribution in [3.05, 3.63) is 12.8 Å². The van der Waals surface area contributed by atoms with Crippen LogP contribution in [0.5, 0.6) is 0 Å². The number of rotatable bonds is 36. The summed E-state index contributed by atoms with van der Waals surface area (Å²) in [6.45, 7) is 16.0. The molecule has 39 heavy (non-hydrogen) atoms. The molecule has 0 bridgehead atoms. The zero-order valence-electron chi connectivity index (χ0n) is 23.5. The van der Waals surface area contributed by atoms with Crippen LogP contribution in [-0.2, 0) is 56.8 Å². The van der Waals surface area contributed by atoms with E-state index in [4.69, 9.17) is 56.8 Å². The van der Waals surface area contributed by atoms with Gasteiger partial charge in [-0.25, -0.2) is 0 Å². The fraction of sp³-hybridized carbons (Fsp3) is 0.923. The van der Waals surface area contributed by atoms with Gasteiger partial charge in [0.25, 0.3) is 0 Å². The molecule has 0 spiro atoms. The van der Waals surface area contributed by atoms with E-state index in [1.165, 1.54) is 6.26 Å². The third-order valence-electron chi connectivity index (χ3n) is 4.40. The number of hydrogen-bond acceptors (Lipinski definition) is 12. The number of halogens is 1. The Kier molecular flexibility index (Phi) is 37.7. The average Bonchev–Trinajstić information content (AvgIpc) is 2.95. The minimum absolute atomic E-state index is 0.504. The monoisotopic (exact) mass is 682 g/mol. The van der Waals surface area contributed by atoms with Crippen molar-refractivity contribution >= 4 is 22.6 Å². The van der Waals surface area contributed by atoms with Crippen LogP contribution in [0.3, 0.4) is 0 Å². The van der Waals surface area contributed by atoms with Gasteiger partial charge < -0.3 is 56.8 Å². The molecule has 0 aromatic rings. The van der Waals surface area contributed by atoms with Gasteiger partial charge in [-0.3, -0.25) is 0 Å². The first kappa shape index (κ1) is 38.8. The van der Waals surface area contributed by atoms with Crippen molar-refractivity contribution in [2.75, 3.05) is 156 Å². The van der Waals surface area contributed by atoms with E-state index in [-0.39, 0.29) is 0 Å². The molecule has 0 rings (SSSR count). The van der Waals surface area contributed by atoms with E-state index in [0.717, 1.165) is 11.0 Å². The Morgan fingerprint density at radius 2 is 0.487 bits per heavy atom. The summed E-state index contributed by atoms with van der Waals surface area (Å²) in [4.78, 5) is 0. The summed E-state index contributed by atoms with van der Waals surface area (Å²) in [7, 11) is 0. The van der Waals surface area contributed by atoms with Crippen molar-refractivity contribution in [3.8, 4) is 0 Å². The first-order chi connectivity index (χ1) is 19.4. The van der Waals surface area contributed by atoms with Gasteiger partial charge in [0.05, 0.1) is 152 Å². The highest BCUT2D eigenvalue weighted by Crippen LogP contribution is 1.87. The van der Waals surface area contributed by atoms with Crippen LogP contribution in [0.4, 0.5) is 0 Å². The maximum absolute atomic E-state index is 5.46. The molecule has 0 aliphatic heterocycles. The third kappa shape index (κ3) is 37.8. The highest BCUT2D eigenvalue weighted by atomic mass is 127. The SMILES string of the molecule is C=COCCOCCOCCOCCOCCOCCOCCOCCOCCOCCOCCOCCI. The van der Waals surface area contributed by atoms with Crippen LogP contribution in [0.1, 0.15) is 0 Å². The van der Waals surface area contributed by atoms with Crippen LogP contribution in [0.25, 0.3) is 0 Å². The summed E-state index contributed by atoms with van der Waals surface area (Å²) in [5.74, 6) is 0. The van der Waals surface area contributed by atoms with Gasteiger partial charge >= 0.3 is 0 Å². The predicted molar refractivity (Wildman–Crippen MR) is 154 cm³/mol. The molecule has 13 heteroatoms. The molecule has 0 atom stereocenters. The maximum Gasteiger partial charge on any atom is 0.111 e. The second-order valence-corrected chi connectivity index (χ2v) is 8.54. The van der Waals surface area contributed by atoms with Crippen LogP contribution in [0.2, 0.25) is 0 Å². The lowest BCUT2D eigenvalue weighted by atomic mass is 10.6. The molecule has 0 radical (unpaired) electrons. The van der Waals surface area contributed by atoms with E-state index in [9.17, 15) is 0 Å². The summed E-state index contributed by atoms with van der Waals surface area (Å²) in [6.07, 6.45) is 1.40. The van der Waals surface area contributed by atoms with Gasteiger partial charge in [-0.05, 0) is 0 Å². The van der Waals surface area contributed by atoms with E-state index in [0.29, 0.717) is 145 Å². The van der Waals surface area contributed by atoms with Crippen molar-refractivity contribution in [2.24, 2.45) is 0 Å². The van der Waals surface area contributed by atoms with Crippen molar-refractivity contribution in [3.63, 3.8) is 0 Å². The van der Waals surface area contributed by atoms with Gasteiger partial charge in [-0.1, -0.05) is 29.2 Å². The van der Waals surface area contributed by atoms with E-state index in [1.807, 2.05) is 0 Å². The topological polar surface area (TPSA) is 111 Å². The first-order valence-corrected chi connectivity index (χ1v) is 15.1. The Hall–Kier alpha value is -0.170. The van der Waals surface area contributed by atoms with Crippen molar-refractivity contribution in [1.29, 1.82) is 0 Å². The Labute approximate surface area is 248 Å². The normalized spacial score (nSPS) is 11.3. The lowest BCUT2D eigenvalue weighted by molar-refractivity contribution is -0.0277. The second-order valence-electron chi connectivity index (χ2n) is 7.46. The molecule has 0 aliphatic carbocycles. The molecule has 234 valence electrons. The van der Waals surface area contributed by atoms with E-state index < -0.39 is 0 Å². The molecule has 0 fully saturated rings. The lowest BCUT2D eigenvalue weighted by Gasteiger charge is -2.09. The molecule has 0 N–H and O–H groups in total. The fourth-order valence-corrected chi connectivity index (χ4v) is 2.86. The average molecular weight is 683 g/mol. The van der Waals surface area contributed by atoms with Crippen LogP contribution in [-0.4, -0.2) is 156 Å². The highest BCUT2D eigenvalue weighted by Gasteiger charge is 1.96. The van der Waals surface area contributed by atoms with Gasteiger partial charge in [0.2, 0.25) is 0 Å². The zero-order chi connectivity index (χ0) is 28.2. The third-order valence-corrected chi connectivity index (χ3v) is 4.85. The van der Waals surface area contributed by atoms with Gasteiger partial charge in [0.15, 0.2) is 0 Å². The largest absolute Gasteiger partial charge is 0.499 e. The van der Waals surface area contributed by atoms with Crippen LogP contribution in [0, 0.1) is 0 Å². The van der Waals surface area contributed by atoms with Gasteiger partial charge in [-0.15, -0.1) is 0 Å². The smallest absolute Gasteiger partial charge is 0.111 e. The molecule has 0 unspecified atom stereocenters. The molecule has 0 aromatic heterocycles. The molecule has 0 saturated heterocycles. The molecule has 0 heterocycles. The predicted octanol–water partition coefficient (Wildman–Crippen LogP) is 1.76. The van der Waals surface area contributed by atoms with E-state index in [1.54, 1.807) is 0 Å². The highest BCUT2D eigenvalue weighted by molar-refractivity contribution is 14.1. The van der Waals surface area contributed by atoms with Crippen LogP contribution >= 0.6 is 22.6 Å². The molecular formula is C26H51IO12. The summed E-state index contributed by atoms with van der Waals surface area (Å²) in [5.41, 5.74) is 0. The van der Waals surface area contributed by atoms with Gasteiger partial charge in [0, 0.05) is 4.43 Å². The zero-order valence-corrected chi connectivity index (χ0v) is 25.7. The molecule has 0 aromatic carbocycles. The van der Waals surface area contributed by atoms with E-state index in [2.05, 4.69) is 29.2 Å². The number of alkyl halides is 1. The summed E-state index contributed by atoms with van der Waals surface area (Å²) >= 11 is 2.28. The summed E-state index contributed by atoms with van der Waals surface area (Å²) in [5, 5.41) is 0. The minimum Gasteiger partial charge on any atom is -0.499 e. The van der Waals surface area contributed by atoms with Crippen molar-refractivity contribution in [2.45, 2.75) is 0 Å². The van der Waals surface area contributed by atoms with E-state index >= 15 is 0 Å². The second kappa shape index (κ2) is 37.8. The number of ether oxygens (including phenoxy) is 12. The first-order valence-electron chi connectivity index (χ1n) is 13.6. The van der Waals surface area contributed by atoms with Crippen molar-refractivity contribution < 1.29 is 56.8 Å². The lowest BCUT2D eigenvalue weighted by Crippen LogP contribution is -2.15. The summed E-state index contributed by atoms with van der Waals surface area (Å²) in [6, 6.07) is 0. The Morgan fingerprint density at radius 1 is 0.308 bits per heavy atom. The minimum atomic E-state index is 0.504. The Bertz CT molecular complexity index is 451. The molecular weight excluding hydrogens is 631 g/mol. The quantitative estimate of drug-likeness (QED) is 0.0416. The van der Waals surface area contributed by atoms with Crippen molar-refractivity contribution in [1.82, 2.24) is 0 Å². The molecule has 12 nitrogen and oxygen atoms in total. The van der Waals surface area contributed by atoms with Crippen LogP contribution in [0.15, 0.2) is 12.8 Å². The molecule has 0 aliphatic rings.